The SMILES string of the molecule is CC(CN(C)C)Nc1nc(NN)nc(N(C)C)n1. The number of nitrogens with two attached hydrogens (primary N) is 1. The van der Waals surface area contributed by atoms with Gasteiger partial charge in [-0.3, -0.25) is 5.43 Å². The van der Waals surface area contributed by atoms with E-state index < -0.39 is 0 Å². The number of hydrogen-bond donors (Lipinski definition) is 3. The van der Waals surface area contributed by atoms with Crippen LogP contribution in [0.5, 0.6) is 0 Å². The summed E-state index contributed by atoms with van der Waals surface area (Å²) < 4.78 is 0. The molecule has 8 heteroatoms. The minimum atomic E-state index is 0.225. The van der Waals surface area contributed by atoms with Crippen LogP contribution in [0.25, 0.3) is 0 Å². The molecule has 0 spiro atoms. The number of nitrogen functional groups attached to an aromatic ring is 1. The molecule has 18 heavy (non-hydrogen) atoms. The summed E-state index contributed by atoms with van der Waals surface area (Å²) in [4.78, 5) is 16.5. The van der Waals surface area contributed by atoms with Gasteiger partial charge in [-0.05, 0) is 21.0 Å². The Morgan fingerprint density at radius 3 is 2.22 bits per heavy atom. The summed E-state index contributed by atoms with van der Waals surface area (Å²) in [6, 6.07) is 0.225. The molecule has 0 saturated carbocycles. The highest BCUT2D eigenvalue weighted by Crippen LogP contribution is 2.11. The Bertz CT molecular complexity index is 378. The van der Waals surface area contributed by atoms with Crippen molar-refractivity contribution in [3.8, 4) is 0 Å². The smallest absolute Gasteiger partial charge is 0.243 e. The zero-order chi connectivity index (χ0) is 13.7. The van der Waals surface area contributed by atoms with Crippen LogP contribution < -0.4 is 21.5 Å². The first-order valence-corrected chi connectivity index (χ1v) is 5.73. The molecule has 0 bridgehead atoms. The van der Waals surface area contributed by atoms with E-state index in [1.54, 1.807) is 4.90 Å². The second-order valence-corrected chi connectivity index (χ2v) is 4.63. The lowest BCUT2D eigenvalue weighted by molar-refractivity contribution is 0.391. The van der Waals surface area contributed by atoms with Crippen LogP contribution in [0.1, 0.15) is 6.92 Å². The van der Waals surface area contributed by atoms with Gasteiger partial charge in [-0.15, -0.1) is 0 Å². The molecular formula is C10H22N8. The lowest BCUT2D eigenvalue weighted by atomic mass is 10.3. The molecular weight excluding hydrogens is 232 g/mol. The highest BCUT2D eigenvalue weighted by molar-refractivity contribution is 5.42. The first-order valence-electron chi connectivity index (χ1n) is 5.73. The average Bonchev–Trinajstić information content (AvgIpc) is 2.27. The molecule has 1 aromatic heterocycles. The summed E-state index contributed by atoms with van der Waals surface area (Å²) in [7, 11) is 7.76. The number of hydrogen-bond acceptors (Lipinski definition) is 8. The summed E-state index contributed by atoms with van der Waals surface area (Å²) in [5.41, 5.74) is 2.44. The molecule has 1 unspecified atom stereocenters. The summed E-state index contributed by atoms with van der Waals surface area (Å²) in [5.74, 6) is 6.75. The molecule has 0 fully saturated rings. The molecule has 0 radical (unpaired) electrons. The third kappa shape index (κ3) is 4.30. The monoisotopic (exact) mass is 254 g/mol. The number of nitrogens with one attached hydrogen (secondary N) is 2. The fourth-order valence-corrected chi connectivity index (χ4v) is 1.51. The van der Waals surface area contributed by atoms with Gasteiger partial charge in [-0.2, -0.15) is 15.0 Å². The van der Waals surface area contributed by atoms with Crippen LogP contribution in [0.2, 0.25) is 0 Å². The summed E-state index contributed by atoms with van der Waals surface area (Å²) in [6.07, 6.45) is 0. The minimum Gasteiger partial charge on any atom is -0.350 e. The summed E-state index contributed by atoms with van der Waals surface area (Å²) >= 11 is 0. The van der Waals surface area contributed by atoms with E-state index in [9.17, 15) is 0 Å². The van der Waals surface area contributed by atoms with E-state index in [4.69, 9.17) is 5.84 Å². The number of hydrazine groups is 1. The van der Waals surface area contributed by atoms with E-state index >= 15 is 0 Å². The van der Waals surface area contributed by atoms with Crippen molar-refractivity contribution < 1.29 is 0 Å². The summed E-state index contributed by atoms with van der Waals surface area (Å²) in [6.45, 7) is 2.95. The second-order valence-electron chi connectivity index (χ2n) is 4.63. The number of likely N-dealkylation sites (N-methyl/N-ethyl adjacent to an activating group) is 1. The van der Waals surface area contributed by atoms with Gasteiger partial charge in [-0.25, -0.2) is 5.84 Å². The van der Waals surface area contributed by atoms with E-state index in [1.807, 2.05) is 28.2 Å². The van der Waals surface area contributed by atoms with Crippen molar-refractivity contribution in [1.82, 2.24) is 19.9 Å². The van der Waals surface area contributed by atoms with Crippen LogP contribution in [-0.2, 0) is 0 Å². The molecule has 1 heterocycles. The maximum Gasteiger partial charge on any atom is 0.243 e. The molecule has 0 aliphatic rings. The van der Waals surface area contributed by atoms with Crippen molar-refractivity contribution in [3.63, 3.8) is 0 Å². The van der Waals surface area contributed by atoms with Gasteiger partial charge in [0.2, 0.25) is 17.8 Å². The van der Waals surface area contributed by atoms with Crippen LogP contribution in [0.15, 0.2) is 0 Å². The number of rotatable bonds is 6. The fraction of sp³-hybridized carbons (Fsp3) is 0.700. The molecule has 0 amide bonds. The Labute approximate surface area is 108 Å². The van der Waals surface area contributed by atoms with Crippen LogP contribution >= 0.6 is 0 Å². The third-order valence-corrected chi connectivity index (χ3v) is 2.17. The molecule has 0 aromatic carbocycles. The first kappa shape index (κ1) is 14.4. The molecule has 0 aliphatic carbocycles. The van der Waals surface area contributed by atoms with Gasteiger partial charge >= 0.3 is 0 Å². The average molecular weight is 254 g/mol. The van der Waals surface area contributed by atoms with E-state index in [1.165, 1.54) is 0 Å². The zero-order valence-corrected chi connectivity index (χ0v) is 11.6. The molecule has 0 aliphatic heterocycles. The van der Waals surface area contributed by atoms with Crippen molar-refractivity contribution in [2.75, 3.05) is 50.4 Å². The number of aromatic nitrogens is 3. The lowest BCUT2D eigenvalue weighted by Crippen LogP contribution is -2.31. The van der Waals surface area contributed by atoms with Gasteiger partial charge in [0.25, 0.3) is 0 Å². The van der Waals surface area contributed by atoms with Crippen molar-refractivity contribution in [1.29, 1.82) is 0 Å². The van der Waals surface area contributed by atoms with Crippen molar-refractivity contribution in [3.05, 3.63) is 0 Å². The molecule has 1 rings (SSSR count). The lowest BCUT2D eigenvalue weighted by Gasteiger charge is -2.19. The van der Waals surface area contributed by atoms with Gasteiger partial charge in [-0.1, -0.05) is 0 Å². The summed E-state index contributed by atoms with van der Waals surface area (Å²) in [5, 5.41) is 3.22. The molecule has 0 saturated heterocycles. The van der Waals surface area contributed by atoms with Crippen molar-refractivity contribution >= 4 is 17.8 Å². The molecule has 8 nitrogen and oxygen atoms in total. The molecule has 4 N–H and O–H groups in total. The third-order valence-electron chi connectivity index (χ3n) is 2.17. The molecule has 1 aromatic rings. The largest absolute Gasteiger partial charge is 0.350 e. The standard InChI is InChI=1S/C10H22N8/c1-7(6-17(2)3)12-8-13-9(16-11)15-10(14-8)18(4)5/h7H,6,11H2,1-5H3,(H2,12,13,14,15,16). The Hall–Kier alpha value is -1.67. The quantitative estimate of drug-likeness (QED) is 0.465. The Balaban J connectivity index is 2.84. The first-order chi connectivity index (χ1) is 8.42. The van der Waals surface area contributed by atoms with Gasteiger partial charge in [0.05, 0.1) is 0 Å². The van der Waals surface area contributed by atoms with Crippen LogP contribution in [0.3, 0.4) is 0 Å². The molecule has 1 atom stereocenters. The van der Waals surface area contributed by atoms with Crippen LogP contribution in [-0.4, -0.2) is 60.6 Å². The highest BCUT2D eigenvalue weighted by Gasteiger charge is 2.10. The minimum absolute atomic E-state index is 0.225. The van der Waals surface area contributed by atoms with Crippen LogP contribution in [0.4, 0.5) is 17.8 Å². The second kappa shape index (κ2) is 6.31. The van der Waals surface area contributed by atoms with Gasteiger partial charge in [0.1, 0.15) is 0 Å². The van der Waals surface area contributed by atoms with Gasteiger partial charge < -0.3 is 15.1 Å². The number of nitrogens with zero attached hydrogens (tertiary/aromatic N) is 5. The van der Waals surface area contributed by atoms with Crippen molar-refractivity contribution in [2.24, 2.45) is 5.84 Å². The Morgan fingerprint density at radius 1 is 1.11 bits per heavy atom. The topological polar surface area (TPSA) is 95.2 Å². The van der Waals surface area contributed by atoms with E-state index in [0.717, 1.165) is 6.54 Å². The van der Waals surface area contributed by atoms with E-state index in [2.05, 4.69) is 37.5 Å². The Morgan fingerprint density at radius 2 is 1.72 bits per heavy atom. The van der Waals surface area contributed by atoms with E-state index in [0.29, 0.717) is 17.8 Å². The maximum absolute atomic E-state index is 5.34. The van der Waals surface area contributed by atoms with Gasteiger partial charge in [0, 0.05) is 26.7 Å². The maximum atomic E-state index is 5.34. The van der Waals surface area contributed by atoms with E-state index in [-0.39, 0.29) is 6.04 Å². The highest BCUT2D eigenvalue weighted by atomic mass is 15.4. The van der Waals surface area contributed by atoms with Gasteiger partial charge in [0.15, 0.2) is 0 Å². The van der Waals surface area contributed by atoms with Crippen LogP contribution in [0, 0.1) is 0 Å². The predicted molar refractivity (Wildman–Crippen MR) is 73.6 cm³/mol. The zero-order valence-electron chi connectivity index (χ0n) is 11.6. The normalized spacial score (nSPS) is 12.4. The van der Waals surface area contributed by atoms with Crippen molar-refractivity contribution in [2.45, 2.75) is 13.0 Å². The predicted octanol–water partition coefficient (Wildman–Crippen LogP) is -0.415. The fourth-order valence-electron chi connectivity index (χ4n) is 1.51. The number of anilines is 3. The molecule has 102 valence electrons. The Kier molecular flexibility index (Phi) is 5.05.